The highest BCUT2D eigenvalue weighted by Crippen LogP contribution is 2.30. The lowest BCUT2D eigenvalue weighted by molar-refractivity contribution is 0.122. The summed E-state index contributed by atoms with van der Waals surface area (Å²) in [5, 5.41) is 8.83. The van der Waals surface area contributed by atoms with Crippen LogP contribution in [0.3, 0.4) is 0 Å². The third-order valence-corrected chi connectivity index (χ3v) is 3.76. The normalized spacial score (nSPS) is 23.3. The van der Waals surface area contributed by atoms with Gasteiger partial charge in [0.15, 0.2) is 0 Å². The van der Waals surface area contributed by atoms with Gasteiger partial charge in [0.1, 0.15) is 11.8 Å². The van der Waals surface area contributed by atoms with Gasteiger partial charge in [-0.05, 0) is 37.3 Å². The minimum atomic E-state index is 0.302. The Morgan fingerprint density at radius 1 is 1.44 bits per heavy atom. The molecule has 1 aliphatic rings. The Morgan fingerprint density at radius 2 is 2.28 bits per heavy atom. The molecule has 2 rings (SSSR count). The van der Waals surface area contributed by atoms with Gasteiger partial charge in [0, 0.05) is 6.07 Å². The molecule has 0 amide bonds. The second kappa shape index (κ2) is 5.77. The number of benzene rings is 1. The standard InChI is InChI=1S/C15H20N2O/c1-2-11-4-3-5-13(8-11)18-14-7-6-12(10-16)15(17)9-14/h6-7,9,11,13H,2-5,8,17H2,1H3. The maximum absolute atomic E-state index is 8.83. The molecule has 3 heteroatoms. The van der Waals surface area contributed by atoms with Gasteiger partial charge in [-0.15, -0.1) is 0 Å². The molecule has 1 fully saturated rings. The van der Waals surface area contributed by atoms with Crippen molar-refractivity contribution >= 4 is 5.69 Å². The van der Waals surface area contributed by atoms with Gasteiger partial charge < -0.3 is 10.5 Å². The topological polar surface area (TPSA) is 59.0 Å². The van der Waals surface area contributed by atoms with Crippen LogP contribution in [0, 0.1) is 17.2 Å². The Balaban J connectivity index is 2.01. The molecule has 0 aromatic heterocycles. The van der Waals surface area contributed by atoms with E-state index in [1.807, 2.05) is 6.07 Å². The van der Waals surface area contributed by atoms with E-state index in [0.29, 0.717) is 17.4 Å². The molecule has 0 saturated heterocycles. The number of nitriles is 1. The Morgan fingerprint density at radius 3 is 2.94 bits per heavy atom. The number of nitrogens with zero attached hydrogens (tertiary/aromatic N) is 1. The number of rotatable bonds is 3. The monoisotopic (exact) mass is 244 g/mol. The van der Waals surface area contributed by atoms with Gasteiger partial charge in [0.2, 0.25) is 0 Å². The molecule has 96 valence electrons. The van der Waals surface area contributed by atoms with Crippen LogP contribution in [0.5, 0.6) is 5.75 Å². The first-order valence-electron chi connectivity index (χ1n) is 6.69. The number of ether oxygens (including phenoxy) is 1. The Labute approximate surface area is 109 Å². The van der Waals surface area contributed by atoms with Crippen molar-refractivity contribution in [3.63, 3.8) is 0 Å². The first kappa shape index (κ1) is 12.8. The fourth-order valence-electron chi connectivity index (χ4n) is 2.63. The molecule has 0 bridgehead atoms. The van der Waals surface area contributed by atoms with Crippen LogP contribution in [0.25, 0.3) is 0 Å². The largest absolute Gasteiger partial charge is 0.490 e. The Kier molecular flexibility index (Phi) is 4.09. The molecule has 0 radical (unpaired) electrons. The first-order valence-corrected chi connectivity index (χ1v) is 6.69. The van der Waals surface area contributed by atoms with Gasteiger partial charge in [0.25, 0.3) is 0 Å². The third kappa shape index (κ3) is 2.95. The molecular weight excluding hydrogens is 224 g/mol. The van der Waals surface area contributed by atoms with E-state index >= 15 is 0 Å². The van der Waals surface area contributed by atoms with Crippen LogP contribution in [-0.2, 0) is 0 Å². The van der Waals surface area contributed by atoms with E-state index < -0.39 is 0 Å². The van der Waals surface area contributed by atoms with Crippen molar-refractivity contribution in [1.29, 1.82) is 5.26 Å². The molecule has 1 aliphatic carbocycles. The molecule has 1 saturated carbocycles. The van der Waals surface area contributed by atoms with Gasteiger partial charge in [-0.1, -0.05) is 19.8 Å². The Bertz CT molecular complexity index is 450. The molecule has 2 N–H and O–H groups in total. The summed E-state index contributed by atoms with van der Waals surface area (Å²) in [6.07, 6.45) is 6.36. The summed E-state index contributed by atoms with van der Waals surface area (Å²) in [5.41, 5.74) is 6.80. The maximum Gasteiger partial charge on any atom is 0.121 e. The van der Waals surface area contributed by atoms with E-state index in [9.17, 15) is 0 Å². The van der Waals surface area contributed by atoms with Gasteiger partial charge in [-0.2, -0.15) is 5.26 Å². The SMILES string of the molecule is CCC1CCCC(Oc2ccc(C#N)c(N)c2)C1. The number of hydrogen-bond donors (Lipinski definition) is 1. The summed E-state index contributed by atoms with van der Waals surface area (Å²) in [7, 11) is 0. The van der Waals surface area contributed by atoms with Crippen molar-refractivity contribution in [2.24, 2.45) is 5.92 Å². The van der Waals surface area contributed by atoms with Gasteiger partial charge in [-0.3, -0.25) is 0 Å². The van der Waals surface area contributed by atoms with Crippen molar-refractivity contribution in [1.82, 2.24) is 0 Å². The second-order valence-electron chi connectivity index (χ2n) is 5.04. The minimum absolute atomic E-state index is 0.302. The van der Waals surface area contributed by atoms with Crippen molar-refractivity contribution in [2.75, 3.05) is 5.73 Å². The smallest absolute Gasteiger partial charge is 0.121 e. The van der Waals surface area contributed by atoms with Crippen LogP contribution in [0.1, 0.15) is 44.6 Å². The van der Waals surface area contributed by atoms with E-state index in [1.54, 1.807) is 12.1 Å². The molecule has 2 unspecified atom stereocenters. The summed E-state index contributed by atoms with van der Waals surface area (Å²) < 4.78 is 5.98. The molecule has 1 aromatic carbocycles. The van der Waals surface area contributed by atoms with E-state index in [-0.39, 0.29) is 0 Å². The maximum atomic E-state index is 8.83. The summed E-state index contributed by atoms with van der Waals surface area (Å²) in [4.78, 5) is 0. The van der Waals surface area contributed by atoms with Crippen LogP contribution >= 0.6 is 0 Å². The van der Waals surface area contributed by atoms with E-state index in [1.165, 1.54) is 19.3 Å². The predicted octanol–water partition coefficient (Wildman–Crippen LogP) is 3.49. The zero-order valence-electron chi connectivity index (χ0n) is 10.9. The average Bonchev–Trinajstić information content (AvgIpc) is 2.39. The average molecular weight is 244 g/mol. The van der Waals surface area contributed by atoms with Crippen LogP contribution in [-0.4, -0.2) is 6.10 Å². The number of nitrogen functional groups attached to an aromatic ring is 1. The number of hydrogen-bond acceptors (Lipinski definition) is 3. The molecule has 0 heterocycles. The van der Waals surface area contributed by atoms with Crippen molar-refractivity contribution in [2.45, 2.75) is 45.1 Å². The fourth-order valence-corrected chi connectivity index (χ4v) is 2.63. The van der Waals surface area contributed by atoms with Gasteiger partial charge in [-0.25, -0.2) is 0 Å². The van der Waals surface area contributed by atoms with Crippen molar-refractivity contribution in [3.8, 4) is 11.8 Å². The van der Waals surface area contributed by atoms with Gasteiger partial charge >= 0.3 is 0 Å². The fraction of sp³-hybridized carbons (Fsp3) is 0.533. The minimum Gasteiger partial charge on any atom is -0.490 e. The number of nitrogens with two attached hydrogens (primary N) is 1. The highest BCUT2D eigenvalue weighted by molar-refractivity contribution is 5.57. The first-order chi connectivity index (χ1) is 8.72. The lowest BCUT2D eigenvalue weighted by Gasteiger charge is -2.29. The van der Waals surface area contributed by atoms with Crippen molar-refractivity contribution in [3.05, 3.63) is 23.8 Å². The third-order valence-electron chi connectivity index (χ3n) is 3.76. The zero-order valence-corrected chi connectivity index (χ0v) is 10.9. The lowest BCUT2D eigenvalue weighted by atomic mass is 9.85. The molecular formula is C15H20N2O. The lowest BCUT2D eigenvalue weighted by Crippen LogP contribution is -2.25. The van der Waals surface area contributed by atoms with Crippen LogP contribution in [0.2, 0.25) is 0 Å². The second-order valence-corrected chi connectivity index (χ2v) is 5.04. The molecule has 0 spiro atoms. The van der Waals surface area contributed by atoms with E-state index in [0.717, 1.165) is 24.5 Å². The van der Waals surface area contributed by atoms with E-state index in [2.05, 4.69) is 13.0 Å². The van der Waals surface area contributed by atoms with Crippen LogP contribution in [0.4, 0.5) is 5.69 Å². The Hall–Kier alpha value is -1.69. The van der Waals surface area contributed by atoms with Crippen molar-refractivity contribution < 1.29 is 4.74 Å². The highest BCUT2D eigenvalue weighted by Gasteiger charge is 2.22. The summed E-state index contributed by atoms with van der Waals surface area (Å²) >= 11 is 0. The summed E-state index contributed by atoms with van der Waals surface area (Å²) in [5.74, 6) is 1.58. The zero-order chi connectivity index (χ0) is 13.0. The molecule has 2 atom stereocenters. The summed E-state index contributed by atoms with van der Waals surface area (Å²) in [6, 6.07) is 7.38. The molecule has 1 aromatic rings. The summed E-state index contributed by atoms with van der Waals surface area (Å²) in [6.45, 7) is 2.24. The number of anilines is 1. The van der Waals surface area contributed by atoms with Crippen LogP contribution in [0.15, 0.2) is 18.2 Å². The predicted molar refractivity (Wildman–Crippen MR) is 72.2 cm³/mol. The molecule has 0 aliphatic heterocycles. The quantitative estimate of drug-likeness (QED) is 0.828. The molecule has 18 heavy (non-hydrogen) atoms. The van der Waals surface area contributed by atoms with Gasteiger partial charge in [0.05, 0.1) is 17.4 Å². The molecule has 3 nitrogen and oxygen atoms in total. The van der Waals surface area contributed by atoms with E-state index in [4.69, 9.17) is 15.7 Å². The highest BCUT2D eigenvalue weighted by atomic mass is 16.5. The van der Waals surface area contributed by atoms with Crippen LogP contribution < -0.4 is 10.5 Å².